The normalized spacial score (nSPS) is 11.9. The van der Waals surface area contributed by atoms with Gasteiger partial charge in [0.15, 0.2) is 5.78 Å². The van der Waals surface area contributed by atoms with Crippen molar-refractivity contribution < 1.29 is 9.18 Å². The molecule has 1 atom stereocenters. The van der Waals surface area contributed by atoms with E-state index in [9.17, 15) is 9.18 Å². The average molecular weight is 423 g/mol. The molecule has 0 amide bonds. The first-order chi connectivity index (χ1) is 12.9. The molecule has 0 saturated heterocycles. The summed E-state index contributed by atoms with van der Waals surface area (Å²) in [6.45, 7) is 0. The van der Waals surface area contributed by atoms with E-state index >= 15 is 0 Å². The molecule has 138 valence electrons. The van der Waals surface area contributed by atoms with Crippen molar-refractivity contribution in [1.29, 1.82) is 0 Å². The number of anilines is 1. The lowest BCUT2D eigenvalue weighted by atomic mass is 9.97. The van der Waals surface area contributed by atoms with E-state index in [4.69, 9.17) is 34.8 Å². The number of halogens is 4. The van der Waals surface area contributed by atoms with E-state index in [1.807, 2.05) is 18.2 Å². The van der Waals surface area contributed by atoms with Crippen molar-refractivity contribution in [2.45, 2.75) is 12.5 Å². The fourth-order valence-corrected chi connectivity index (χ4v) is 3.20. The topological polar surface area (TPSA) is 29.1 Å². The molecule has 0 saturated carbocycles. The second kappa shape index (κ2) is 8.75. The van der Waals surface area contributed by atoms with Crippen LogP contribution in [0.5, 0.6) is 0 Å². The molecule has 0 aliphatic rings. The predicted molar refractivity (Wildman–Crippen MR) is 110 cm³/mol. The Morgan fingerprint density at radius 1 is 0.926 bits per heavy atom. The summed E-state index contributed by atoms with van der Waals surface area (Å²) in [5, 5.41) is 4.74. The molecule has 3 rings (SSSR count). The van der Waals surface area contributed by atoms with Gasteiger partial charge in [0.05, 0.1) is 16.1 Å². The lowest BCUT2D eigenvalue weighted by Gasteiger charge is -2.21. The van der Waals surface area contributed by atoms with Crippen molar-refractivity contribution in [3.05, 3.63) is 98.7 Å². The van der Waals surface area contributed by atoms with Crippen LogP contribution >= 0.6 is 34.8 Å². The molecule has 27 heavy (non-hydrogen) atoms. The Balaban J connectivity index is 1.89. The average Bonchev–Trinajstić information content (AvgIpc) is 2.64. The number of ketones is 1. The number of rotatable bonds is 6. The molecule has 0 aliphatic carbocycles. The smallest absolute Gasteiger partial charge is 0.165 e. The molecule has 0 aromatic heterocycles. The molecular weight excluding hydrogens is 408 g/mol. The Bertz CT molecular complexity index is 960. The van der Waals surface area contributed by atoms with E-state index < -0.39 is 0 Å². The van der Waals surface area contributed by atoms with Crippen LogP contribution in [0.4, 0.5) is 10.1 Å². The van der Waals surface area contributed by atoms with Crippen molar-refractivity contribution in [1.82, 2.24) is 0 Å². The van der Waals surface area contributed by atoms with Gasteiger partial charge in [0.2, 0.25) is 0 Å². The van der Waals surface area contributed by atoms with Gasteiger partial charge >= 0.3 is 0 Å². The van der Waals surface area contributed by atoms with Crippen LogP contribution in [0.25, 0.3) is 0 Å². The fourth-order valence-electron chi connectivity index (χ4n) is 2.70. The van der Waals surface area contributed by atoms with Crippen molar-refractivity contribution in [2.75, 3.05) is 5.32 Å². The monoisotopic (exact) mass is 421 g/mol. The van der Waals surface area contributed by atoms with Crippen molar-refractivity contribution >= 4 is 46.3 Å². The first-order valence-electron chi connectivity index (χ1n) is 8.18. The summed E-state index contributed by atoms with van der Waals surface area (Å²) in [6.07, 6.45) is 0.149. The van der Waals surface area contributed by atoms with Crippen LogP contribution in [-0.4, -0.2) is 5.78 Å². The molecule has 0 aliphatic heterocycles. The van der Waals surface area contributed by atoms with Crippen molar-refractivity contribution in [3.8, 4) is 0 Å². The molecule has 0 radical (unpaired) electrons. The van der Waals surface area contributed by atoms with Crippen molar-refractivity contribution in [2.24, 2.45) is 0 Å². The Morgan fingerprint density at radius 2 is 1.67 bits per heavy atom. The van der Waals surface area contributed by atoms with Gasteiger partial charge in [-0.1, -0.05) is 46.9 Å². The predicted octanol–water partition coefficient (Wildman–Crippen LogP) is 7.21. The maximum Gasteiger partial charge on any atom is 0.165 e. The molecule has 0 spiro atoms. The summed E-state index contributed by atoms with van der Waals surface area (Å²) in [6, 6.07) is 17.6. The third-order valence-electron chi connectivity index (χ3n) is 4.07. The molecule has 1 N–H and O–H groups in total. The highest BCUT2D eigenvalue weighted by atomic mass is 35.5. The number of Topliss-reactive ketones (excluding diaryl/α,β-unsaturated/α-hetero) is 1. The lowest BCUT2D eigenvalue weighted by Crippen LogP contribution is -2.16. The Kier molecular flexibility index (Phi) is 6.38. The number of nitrogens with one attached hydrogen (secondary N) is 1. The molecule has 6 heteroatoms. The molecule has 3 aromatic carbocycles. The van der Waals surface area contributed by atoms with Crippen LogP contribution in [0.2, 0.25) is 15.1 Å². The number of hydrogen-bond acceptors (Lipinski definition) is 2. The standard InChI is InChI=1S/C21H15Cl3FNO/c22-15-2-1-3-17(11-15)26-20(14-6-9-18(23)19(24)10-14)12-21(27)13-4-7-16(25)8-5-13/h1-11,20,26H,12H2. The first kappa shape index (κ1) is 19.7. The Morgan fingerprint density at radius 3 is 2.33 bits per heavy atom. The Labute approximate surface area is 171 Å². The fraction of sp³-hybridized carbons (Fsp3) is 0.0952. The number of benzene rings is 3. The minimum Gasteiger partial charge on any atom is -0.378 e. The van der Waals surface area contributed by atoms with Crippen LogP contribution in [0.1, 0.15) is 28.4 Å². The quantitative estimate of drug-likeness (QED) is 0.425. The van der Waals surface area contributed by atoms with Gasteiger partial charge in [-0.05, 0) is 60.2 Å². The highest BCUT2D eigenvalue weighted by Crippen LogP contribution is 2.30. The van der Waals surface area contributed by atoms with E-state index in [-0.39, 0.29) is 24.1 Å². The van der Waals surface area contributed by atoms with Gasteiger partial charge in [-0.15, -0.1) is 0 Å². The van der Waals surface area contributed by atoms with Gasteiger partial charge in [0.1, 0.15) is 5.82 Å². The third-order valence-corrected chi connectivity index (χ3v) is 5.04. The molecule has 3 aromatic rings. The summed E-state index contributed by atoms with van der Waals surface area (Å²) in [4.78, 5) is 12.7. The summed E-state index contributed by atoms with van der Waals surface area (Å²) in [5.41, 5.74) is 2.01. The molecule has 0 bridgehead atoms. The zero-order valence-corrected chi connectivity index (χ0v) is 16.3. The van der Waals surface area contributed by atoms with Crippen LogP contribution in [0.15, 0.2) is 66.7 Å². The first-order valence-corrected chi connectivity index (χ1v) is 9.31. The summed E-state index contributed by atoms with van der Waals surface area (Å²) >= 11 is 18.2. The van der Waals surface area contributed by atoms with Gasteiger partial charge in [-0.3, -0.25) is 4.79 Å². The van der Waals surface area contributed by atoms with Gasteiger partial charge in [0.25, 0.3) is 0 Å². The molecule has 0 heterocycles. The lowest BCUT2D eigenvalue weighted by molar-refractivity contribution is 0.0976. The highest BCUT2D eigenvalue weighted by Gasteiger charge is 2.18. The Hall–Kier alpha value is -2.07. The largest absolute Gasteiger partial charge is 0.378 e. The van der Waals surface area contributed by atoms with Gasteiger partial charge in [-0.2, -0.15) is 0 Å². The van der Waals surface area contributed by atoms with E-state index in [0.717, 1.165) is 11.3 Å². The molecule has 1 unspecified atom stereocenters. The summed E-state index contributed by atoms with van der Waals surface area (Å²) in [5.74, 6) is -0.509. The summed E-state index contributed by atoms with van der Waals surface area (Å²) in [7, 11) is 0. The van der Waals surface area contributed by atoms with E-state index in [2.05, 4.69) is 5.32 Å². The van der Waals surface area contributed by atoms with E-state index in [1.54, 1.807) is 24.3 Å². The minimum absolute atomic E-state index is 0.124. The van der Waals surface area contributed by atoms with Crippen LogP contribution < -0.4 is 5.32 Å². The van der Waals surface area contributed by atoms with Crippen LogP contribution in [0.3, 0.4) is 0 Å². The van der Waals surface area contributed by atoms with E-state index in [0.29, 0.717) is 20.6 Å². The number of carbonyl (C=O) groups excluding carboxylic acids is 1. The molecular formula is C21H15Cl3FNO. The molecule has 0 fully saturated rings. The zero-order valence-electron chi connectivity index (χ0n) is 14.1. The zero-order chi connectivity index (χ0) is 19.4. The van der Waals surface area contributed by atoms with Gasteiger partial charge in [-0.25, -0.2) is 4.39 Å². The second-order valence-electron chi connectivity index (χ2n) is 6.02. The van der Waals surface area contributed by atoms with Gasteiger partial charge in [0, 0.05) is 22.7 Å². The maximum absolute atomic E-state index is 13.1. The van der Waals surface area contributed by atoms with Gasteiger partial charge < -0.3 is 5.32 Å². The minimum atomic E-state index is -0.385. The van der Waals surface area contributed by atoms with Crippen molar-refractivity contribution in [3.63, 3.8) is 0 Å². The SMILES string of the molecule is O=C(CC(Nc1cccc(Cl)c1)c1ccc(Cl)c(Cl)c1)c1ccc(F)cc1. The molecule has 2 nitrogen and oxygen atoms in total. The van der Waals surface area contributed by atoms with E-state index in [1.165, 1.54) is 24.3 Å². The number of carbonyl (C=O) groups is 1. The third kappa shape index (κ3) is 5.23. The van der Waals surface area contributed by atoms with Crippen LogP contribution in [-0.2, 0) is 0 Å². The van der Waals surface area contributed by atoms with Crippen LogP contribution in [0, 0.1) is 5.82 Å². The highest BCUT2D eigenvalue weighted by molar-refractivity contribution is 6.42. The number of hydrogen-bond donors (Lipinski definition) is 1. The summed E-state index contributed by atoms with van der Waals surface area (Å²) < 4.78 is 13.1. The maximum atomic E-state index is 13.1. The second-order valence-corrected chi connectivity index (χ2v) is 7.27.